The van der Waals surface area contributed by atoms with E-state index in [0.717, 1.165) is 60.5 Å². The number of phosphoric ester groups is 1. The topological polar surface area (TPSA) is 131 Å². The zero-order chi connectivity index (χ0) is 41.4. The van der Waals surface area contributed by atoms with Crippen molar-refractivity contribution in [1.82, 2.24) is 10.6 Å². The minimum Gasteiger partial charge on any atom is -0.497 e. The summed E-state index contributed by atoms with van der Waals surface area (Å²) < 4.78 is 44.9. The maximum Gasteiger partial charge on any atom is 0.474 e. The van der Waals surface area contributed by atoms with Gasteiger partial charge in [0.05, 0.1) is 27.4 Å². The highest BCUT2D eigenvalue weighted by atomic mass is 31.2. The van der Waals surface area contributed by atoms with E-state index in [1.54, 1.807) is 14.2 Å². The van der Waals surface area contributed by atoms with Crippen LogP contribution in [0.25, 0.3) is 32.3 Å². The summed E-state index contributed by atoms with van der Waals surface area (Å²) >= 11 is 0. The van der Waals surface area contributed by atoms with Crippen molar-refractivity contribution in [3.05, 3.63) is 155 Å². The van der Waals surface area contributed by atoms with Crippen molar-refractivity contribution < 1.29 is 41.9 Å². The second kappa shape index (κ2) is 18.4. The zero-order valence-corrected chi connectivity index (χ0v) is 34.4. The van der Waals surface area contributed by atoms with Gasteiger partial charge >= 0.3 is 7.82 Å². The van der Waals surface area contributed by atoms with Gasteiger partial charge in [-0.15, -0.1) is 0 Å². The van der Waals surface area contributed by atoms with Crippen molar-refractivity contribution in [3.8, 4) is 11.5 Å². The smallest absolute Gasteiger partial charge is 0.474 e. The molecule has 11 nitrogen and oxygen atoms in total. The number of carbonyl (C=O) groups excluding carboxylic acids is 2. The SMILES string of the molecule is COc1ccc(C(OCCCNC(=O)c2ccc3ccc4ccc(C(=O)NCCCOP(=O)(OC)OC)c5ccc2c3c45)(c2ccccc2)c2ccc(OC)cc2)cc1. The molecule has 0 aliphatic carbocycles. The van der Waals surface area contributed by atoms with E-state index in [4.69, 9.17) is 27.8 Å². The average Bonchev–Trinajstić information content (AvgIpc) is 3.29. The van der Waals surface area contributed by atoms with Gasteiger partial charge in [0.15, 0.2) is 0 Å². The maximum absolute atomic E-state index is 13.9. The van der Waals surface area contributed by atoms with Crippen molar-refractivity contribution in [2.24, 2.45) is 0 Å². The first kappa shape index (κ1) is 41.4. The van der Waals surface area contributed by atoms with Crippen LogP contribution in [0, 0.1) is 0 Å². The zero-order valence-electron chi connectivity index (χ0n) is 33.5. The van der Waals surface area contributed by atoms with Crippen LogP contribution in [0.4, 0.5) is 0 Å². The number of nitrogens with one attached hydrogen (secondary N) is 2. The Bertz CT molecular complexity index is 2530. The number of phosphoric acid groups is 1. The number of hydrogen-bond donors (Lipinski definition) is 2. The van der Waals surface area contributed by atoms with Crippen molar-refractivity contribution in [2.75, 3.05) is 54.7 Å². The maximum atomic E-state index is 13.9. The molecule has 0 atom stereocenters. The molecular weight excluding hydrogens is 767 g/mol. The van der Waals surface area contributed by atoms with Crippen LogP contribution in [0.3, 0.4) is 0 Å². The third-order valence-corrected chi connectivity index (χ3v) is 11.9. The fourth-order valence-electron chi connectivity index (χ4n) is 7.59. The number of benzene rings is 7. The van der Waals surface area contributed by atoms with Gasteiger partial charge in [-0.25, -0.2) is 4.57 Å². The molecule has 0 fully saturated rings. The van der Waals surface area contributed by atoms with E-state index >= 15 is 0 Å². The molecule has 0 unspecified atom stereocenters. The Kier molecular flexibility index (Phi) is 12.9. The lowest BCUT2D eigenvalue weighted by molar-refractivity contribution is 0.0117. The molecule has 7 aromatic rings. The minimum atomic E-state index is -3.59. The summed E-state index contributed by atoms with van der Waals surface area (Å²) in [7, 11) is 2.20. The van der Waals surface area contributed by atoms with Gasteiger partial charge < -0.3 is 24.8 Å². The van der Waals surface area contributed by atoms with Crippen LogP contribution >= 0.6 is 7.82 Å². The Morgan fingerprint density at radius 2 is 0.983 bits per heavy atom. The average molecular weight is 815 g/mol. The first-order valence-corrected chi connectivity index (χ1v) is 20.8. The third-order valence-electron chi connectivity index (χ3n) is 10.6. The molecule has 0 saturated carbocycles. The van der Waals surface area contributed by atoms with Crippen LogP contribution in [-0.4, -0.2) is 66.6 Å². The fraction of sp³-hybridized carbons (Fsp3) is 0.234. The van der Waals surface area contributed by atoms with Crippen molar-refractivity contribution in [2.45, 2.75) is 18.4 Å². The van der Waals surface area contributed by atoms with Crippen LogP contribution in [0.15, 0.2) is 127 Å². The summed E-state index contributed by atoms with van der Waals surface area (Å²) in [6.07, 6.45) is 0.944. The molecule has 7 aromatic carbocycles. The monoisotopic (exact) mass is 814 g/mol. The molecule has 59 heavy (non-hydrogen) atoms. The minimum absolute atomic E-state index is 0.0808. The molecule has 0 spiro atoms. The summed E-state index contributed by atoms with van der Waals surface area (Å²) in [6.45, 7) is 1.09. The standard InChI is InChI=1S/C47H47N2O9P/c1-53-37-20-16-35(17-21-37)47(34-10-6-5-7-11-34,36-18-22-38(54-2)23-19-36)57-30-8-28-48-45(50)41-24-14-32-12-13-33-15-25-42(40-27-26-39(41)43(32)44(33)40)46(51)49-29-9-31-58-59(52,55-3)56-4/h5-7,10-27H,8-9,28-31H2,1-4H3,(H,48,50)(H,49,51). The van der Waals surface area contributed by atoms with Gasteiger partial charge in [-0.1, -0.05) is 91.0 Å². The van der Waals surface area contributed by atoms with Gasteiger partial charge in [0, 0.05) is 38.4 Å². The van der Waals surface area contributed by atoms with Gasteiger partial charge in [-0.2, -0.15) is 0 Å². The highest BCUT2D eigenvalue weighted by Gasteiger charge is 2.38. The van der Waals surface area contributed by atoms with Crippen molar-refractivity contribution >= 4 is 52.0 Å². The summed E-state index contributed by atoms with van der Waals surface area (Å²) in [5.41, 5.74) is 2.92. The van der Waals surface area contributed by atoms with E-state index in [-0.39, 0.29) is 18.4 Å². The van der Waals surface area contributed by atoms with Crippen molar-refractivity contribution in [3.63, 3.8) is 0 Å². The van der Waals surface area contributed by atoms with E-state index < -0.39 is 13.4 Å². The van der Waals surface area contributed by atoms with Crippen LogP contribution in [0.2, 0.25) is 0 Å². The van der Waals surface area contributed by atoms with Crippen molar-refractivity contribution in [1.29, 1.82) is 0 Å². The Hall–Kier alpha value is -5.81. The van der Waals surface area contributed by atoms with E-state index in [1.165, 1.54) is 14.2 Å². The molecule has 7 rings (SSSR count). The highest BCUT2D eigenvalue weighted by molar-refractivity contribution is 7.48. The Morgan fingerprint density at radius 1 is 0.542 bits per heavy atom. The van der Waals surface area contributed by atoms with Gasteiger partial charge in [-0.05, 0) is 98.2 Å². The molecule has 12 heteroatoms. The lowest BCUT2D eigenvalue weighted by atomic mass is 9.80. The number of hydrogen-bond acceptors (Lipinski definition) is 9. The molecule has 2 amide bonds. The van der Waals surface area contributed by atoms with Crippen LogP contribution in [0.5, 0.6) is 11.5 Å². The molecule has 2 N–H and O–H groups in total. The summed E-state index contributed by atoms with van der Waals surface area (Å²) in [5, 5.41) is 11.4. The predicted octanol–water partition coefficient (Wildman–Crippen LogP) is 9.27. The number of rotatable bonds is 19. The molecule has 0 bridgehead atoms. The molecule has 0 heterocycles. The lowest BCUT2D eigenvalue weighted by Crippen LogP contribution is -2.34. The highest BCUT2D eigenvalue weighted by Crippen LogP contribution is 2.47. The molecule has 304 valence electrons. The molecule has 0 radical (unpaired) electrons. The molecule has 0 aliphatic heterocycles. The number of ether oxygens (including phenoxy) is 3. The van der Waals surface area contributed by atoms with E-state index in [9.17, 15) is 14.2 Å². The van der Waals surface area contributed by atoms with Gasteiger partial charge in [0.1, 0.15) is 17.1 Å². The quantitative estimate of drug-likeness (QED) is 0.0355. The third kappa shape index (κ3) is 8.52. The molecule has 0 aliphatic rings. The second-order valence-electron chi connectivity index (χ2n) is 13.9. The van der Waals surface area contributed by atoms with Gasteiger partial charge in [0.2, 0.25) is 0 Å². The normalized spacial score (nSPS) is 11.9. The fourth-order valence-corrected chi connectivity index (χ4v) is 8.30. The number of methoxy groups -OCH3 is 2. The number of amides is 2. The van der Waals surface area contributed by atoms with E-state index in [0.29, 0.717) is 43.7 Å². The van der Waals surface area contributed by atoms with Crippen LogP contribution in [-0.2, 0) is 28.5 Å². The van der Waals surface area contributed by atoms with Crippen LogP contribution < -0.4 is 20.1 Å². The summed E-state index contributed by atoms with van der Waals surface area (Å²) in [4.78, 5) is 27.3. The molecule has 0 aromatic heterocycles. The Morgan fingerprint density at radius 3 is 1.44 bits per heavy atom. The van der Waals surface area contributed by atoms with Crippen LogP contribution in [0.1, 0.15) is 50.2 Å². The van der Waals surface area contributed by atoms with E-state index in [2.05, 4.69) is 22.8 Å². The largest absolute Gasteiger partial charge is 0.497 e. The van der Waals surface area contributed by atoms with Gasteiger partial charge in [-0.3, -0.25) is 23.2 Å². The predicted molar refractivity (Wildman–Crippen MR) is 230 cm³/mol. The Balaban J connectivity index is 1.08. The first-order valence-electron chi connectivity index (χ1n) is 19.4. The number of carbonyl (C=O) groups is 2. The second-order valence-corrected chi connectivity index (χ2v) is 15.7. The van der Waals surface area contributed by atoms with Gasteiger partial charge in [0.25, 0.3) is 11.8 Å². The van der Waals surface area contributed by atoms with E-state index in [1.807, 2.05) is 115 Å². The molecular formula is C47H47N2O9P. The lowest BCUT2D eigenvalue weighted by Gasteiger charge is -2.36. The summed E-state index contributed by atoms with van der Waals surface area (Å²) in [5.74, 6) is 1.03. The summed E-state index contributed by atoms with van der Waals surface area (Å²) in [6, 6.07) is 41.3. The molecule has 0 saturated heterocycles. The first-order chi connectivity index (χ1) is 28.7. The Labute approximate surface area is 343 Å².